The number of para-hydroxylation sites is 1. The first-order chi connectivity index (χ1) is 9.15. The highest BCUT2D eigenvalue weighted by atomic mass is 19.1. The minimum atomic E-state index is -0.206. The largest absolute Gasteiger partial charge is 0.489 e. The maximum atomic E-state index is 13.1. The SMILES string of the molecule is Cc1cc(OC(C)CNc2ccccc2)ccc1F. The van der Waals surface area contributed by atoms with E-state index in [0.29, 0.717) is 17.9 Å². The fourth-order valence-corrected chi connectivity index (χ4v) is 1.78. The van der Waals surface area contributed by atoms with Crippen molar-refractivity contribution in [3.8, 4) is 5.75 Å². The van der Waals surface area contributed by atoms with Crippen molar-refractivity contribution in [2.24, 2.45) is 0 Å². The first-order valence-electron chi connectivity index (χ1n) is 6.37. The lowest BCUT2D eigenvalue weighted by atomic mass is 10.2. The predicted molar refractivity (Wildman–Crippen MR) is 76.2 cm³/mol. The van der Waals surface area contributed by atoms with Crippen molar-refractivity contribution in [2.75, 3.05) is 11.9 Å². The minimum Gasteiger partial charge on any atom is -0.489 e. The smallest absolute Gasteiger partial charge is 0.126 e. The second-order valence-corrected chi connectivity index (χ2v) is 4.59. The fourth-order valence-electron chi connectivity index (χ4n) is 1.78. The van der Waals surface area contributed by atoms with Crippen molar-refractivity contribution < 1.29 is 9.13 Å². The van der Waals surface area contributed by atoms with Crippen LogP contribution in [0.4, 0.5) is 10.1 Å². The molecular formula is C16H18FNO. The molecule has 0 spiro atoms. The summed E-state index contributed by atoms with van der Waals surface area (Å²) in [6.45, 7) is 4.41. The lowest BCUT2D eigenvalue weighted by Gasteiger charge is -2.16. The topological polar surface area (TPSA) is 21.3 Å². The molecule has 0 fully saturated rings. The maximum absolute atomic E-state index is 13.1. The third kappa shape index (κ3) is 3.98. The van der Waals surface area contributed by atoms with Crippen LogP contribution in [0.25, 0.3) is 0 Å². The average Bonchev–Trinajstić information content (AvgIpc) is 2.42. The van der Waals surface area contributed by atoms with Crippen molar-refractivity contribution in [3.05, 3.63) is 59.9 Å². The summed E-state index contributed by atoms with van der Waals surface area (Å²) >= 11 is 0. The summed E-state index contributed by atoms with van der Waals surface area (Å²) < 4.78 is 18.9. The van der Waals surface area contributed by atoms with Gasteiger partial charge in [0.2, 0.25) is 0 Å². The molecule has 1 N–H and O–H groups in total. The van der Waals surface area contributed by atoms with Gasteiger partial charge in [0, 0.05) is 5.69 Å². The van der Waals surface area contributed by atoms with Gasteiger partial charge in [-0.3, -0.25) is 0 Å². The van der Waals surface area contributed by atoms with Gasteiger partial charge < -0.3 is 10.1 Å². The Morgan fingerprint density at radius 2 is 1.89 bits per heavy atom. The van der Waals surface area contributed by atoms with Crippen LogP contribution >= 0.6 is 0 Å². The van der Waals surface area contributed by atoms with Crippen molar-refractivity contribution in [2.45, 2.75) is 20.0 Å². The molecule has 0 aromatic heterocycles. The summed E-state index contributed by atoms with van der Waals surface area (Å²) in [6, 6.07) is 14.8. The summed E-state index contributed by atoms with van der Waals surface area (Å²) in [5, 5.41) is 3.29. The molecule has 0 bridgehead atoms. The number of ether oxygens (including phenoxy) is 1. The second kappa shape index (κ2) is 6.23. The van der Waals surface area contributed by atoms with E-state index in [2.05, 4.69) is 5.32 Å². The summed E-state index contributed by atoms with van der Waals surface area (Å²) in [7, 11) is 0. The molecule has 1 unspecified atom stereocenters. The number of benzene rings is 2. The molecule has 2 aromatic rings. The van der Waals surface area contributed by atoms with Gasteiger partial charge in [-0.2, -0.15) is 0 Å². The van der Waals surface area contributed by atoms with Crippen LogP contribution < -0.4 is 10.1 Å². The van der Waals surface area contributed by atoms with Gasteiger partial charge in [-0.25, -0.2) is 4.39 Å². The third-order valence-corrected chi connectivity index (χ3v) is 2.83. The number of anilines is 1. The van der Waals surface area contributed by atoms with Crippen molar-refractivity contribution in [1.82, 2.24) is 0 Å². The highest BCUT2D eigenvalue weighted by molar-refractivity contribution is 5.42. The van der Waals surface area contributed by atoms with E-state index in [1.54, 1.807) is 19.1 Å². The summed E-state index contributed by atoms with van der Waals surface area (Å²) in [4.78, 5) is 0. The normalized spacial score (nSPS) is 11.9. The Kier molecular flexibility index (Phi) is 4.39. The summed E-state index contributed by atoms with van der Waals surface area (Å²) in [5.41, 5.74) is 1.66. The molecule has 2 nitrogen and oxygen atoms in total. The van der Waals surface area contributed by atoms with Gasteiger partial charge in [-0.05, 0) is 49.7 Å². The second-order valence-electron chi connectivity index (χ2n) is 4.59. The van der Waals surface area contributed by atoms with Gasteiger partial charge >= 0.3 is 0 Å². The van der Waals surface area contributed by atoms with Crippen LogP contribution in [0.1, 0.15) is 12.5 Å². The van der Waals surface area contributed by atoms with Crippen LogP contribution in [0.3, 0.4) is 0 Å². The molecule has 0 aliphatic carbocycles. The number of nitrogens with one attached hydrogen (secondary N) is 1. The molecule has 0 aliphatic heterocycles. The van der Waals surface area contributed by atoms with Crippen molar-refractivity contribution >= 4 is 5.69 Å². The quantitative estimate of drug-likeness (QED) is 0.875. The number of aryl methyl sites for hydroxylation is 1. The minimum absolute atomic E-state index is 0.00469. The first kappa shape index (κ1) is 13.4. The third-order valence-electron chi connectivity index (χ3n) is 2.83. The van der Waals surface area contributed by atoms with Gasteiger partial charge in [0.15, 0.2) is 0 Å². The Labute approximate surface area is 113 Å². The van der Waals surface area contributed by atoms with Crippen LogP contribution in [0.2, 0.25) is 0 Å². The zero-order chi connectivity index (χ0) is 13.7. The van der Waals surface area contributed by atoms with Gasteiger partial charge in [-0.15, -0.1) is 0 Å². The number of hydrogen-bond acceptors (Lipinski definition) is 2. The highest BCUT2D eigenvalue weighted by Crippen LogP contribution is 2.17. The van der Waals surface area contributed by atoms with Gasteiger partial charge in [-0.1, -0.05) is 18.2 Å². The van der Waals surface area contributed by atoms with E-state index in [1.165, 1.54) is 6.07 Å². The summed E-state index contributed by atoms with van der Waals surface area (Å²) in [5.74, 6) is 0.490. The molecule has 0 saturated carbocycles. The standard InChI is InChI=1S/C16H18FNO/c1-12-10-15(8-9-16(12)17)19-13(2)11-18-14-6-4-3-5-7-14/h3-10,13,18H,11H2,1-2H3. The van der Waals surface area contributed by atoms with E-state index >= 15 is 0 Å². The molecule has 0 saturated heterocycles. The lowest BCUT2D eigenvalue weighted by Crippen LogP contribution is -2.22. The number of hydrogen-bond donors (Lipinski definition) is 1. The molecule has 0 heterocycles. The Morgan fingerprint density at radius 1 is 1.16 bits per heavy atom. The first-order valence-corrected chi connectivity index (χ1v) is 6.37. The molecule has 0 aliphatic rings. The molecule has 100 valence electrons. The average molecular weight is 259 g/mol. The Balaban J connectivity index is 1.87. The molecule has 19 heavy (non-hydrogen) atoms. The molecule has 3 heteroatoms. The molecule has 0 amide bonds. The van der Waals surface area contributed by atoms with E-state index in [4.69, 9.17) is 4.74 Å². The lowest BCUT2D eigenvalue weighted by molar-refractivity contribution is 0.234. The zero-order valence-corrected chi connectivity index (χ0v) is 11.2. The van der Waals surface area contributed by atoms with Crippen LogP contribution in [0.15, 0.2) is 48.5 Å². The molecule has 1 atom stereocenters. The van der Waals surface area contributed by atoms with Crippen LogP contribution in [0.5, 0.6) is 5.75 Å². The van der Waals surface area contributed by atoms with E-state index in [1.807, 2.05) is 37.3 Å². The van der Waals surface area contributed by atoms with Crippen molar-refractivity contribution in [3.63, 3.8) is 0 Å². The molecule has 2 rings (SSSR count). The Bertz CT molecular complexity index is 528. The molecule has 0 radical (unpaired) electrons. The highest BCUT2D eigenvalue weighted by Gasteiger charge is 2.05. The monoisotopic (exact) mass is 259 g/mol. The van der Waals surface area contributed by atoms with Gasteiger partial charge in [0.05, 0.1) is 6.54 Å². The fraction of sp³-hybridized carbons (Fsp3) is 0.250. The zero-order valence-electron chi connectivity index (χ0n) is 11.2. The molecular weight excluding hydrogens is 241 g/mol. The Morgan fingerprint density at radius 3 is 2.58 bits per heavy atom. The van der Waals surface area contributed by atoms with Gasteiger partial charge in [0.25, 0.3) is 0 Å². The number of halogens is 1. The van der Waals surface area contributed by atoms with Crippen LogP contribution in [-0.2, 0) is 0 Å². The predicted octanol–water partition coefficient (Wildman–Crippen LogP) is 4.01. The van der Waals surface area contributed by atoms with E-state index in [-0.39, 0.29) is 11.9 Å². The van der Waals surface area contributed by atoms with Crippen LogP contribution in [-0.4, -0.2) is 12.6 Å². The maximum Gasteiger partial charge on any atom is 0.126 e. The molecule has 2 aromatic carbocycles. The van der Waals surface area contributed by atoms with Crippen molar-refractivity contribution in [1.29, 1.82) is 0 Å². The van der Waals surface area contributed by atoms with E-state index in [0.717, 1.165) is 5.69 Å². The Hall–Kier alpha value is -2.03. The van der Waals surface area contributed by atoms with Crippen LogP contribution in [0, 0.1) is 12.7 Å². The van der Waals surface area contributed by atoms with Gasteiger partial charge in [0.1, 0.15) is 17.7 Å². The van der Waals surface area contributed by atoms with E-state index in [9.17, 15) is 4.39 Å². The summed E-state index contributed by atoms with van der Waals surface area (Å²) in [6.07, 6.45) is 0.00469. The van der Waals surface area contributed by atoms with E-state index < -0.39 is 0 Å². The number of rotatable bonds is 5.